The Morgan fingerprint density at radius 1 is 1.15 bits per heavy atom. The lowest BCUT2D eigenvalue weighted by molar-refractivity contribution is 0.243. The van der Waals surface area contributed by atoms with Crippen LogP contribution in [0.2, 0.25) is 0 Å². The summed E-state index contributed by atoms with van der Waals surface area (Å²) >= 11 is 4.44. The highest BCUT2D eigenvalue weighted by molar-refractivity contribution is 7.77. The van der Waals surface area contributed by atoms with Gasteiger partial charge in [-0.2, -0.15) is 0 Å². The van der Waals surface area contributed by atoms with Gasteiger partial charge in [0.25, 0.3) is 0 Å². The first-order valence-corrected chi connectivity index (χ1v) is 5.74. The average molecular weight is 200 g/mol. The van der Waals surface area contributed by atoms with E-state index in [1.807, 2.05) is 0 Å². The quantitative estimate of drug-likeness (QED) is 0.641. The molecule has 0 aromatic carbocycles. The molecule has 2 saturated heterocycles. The summed E-state index contributed by atoms with van der Waals surface area (Å²) in [4.78, 5) is 2.61. The molecule has 0 saturated carbocycles. The smallest absolute Gasteiger partial charge is 0.0131 e. The molecule has 0 aromatic heterocycles. The van der Waals surface area contributed by atoms with Gasteiger partial charge in [0.1, 0.15) is 0 Å². The number of fused-ring (bicyclic) bond motifs is 1. The predicted molar refractivity (Wildman–Crippen MR) is 58.9 cm³/mol. The monoisotopic (exact) mass is 200 g/mol. The third kappa shape index (κ3) is 2.03. The zero-order valence-electron chi connectivity index (χ0n) is 8.61. The molecular weight excluding hydrogens is 180 g/mol. The maximum Gasteiger partial charge on any atom is 0.0131 e. The van der Waals surface area contributed by atoms with Crippen molar-refractivity contribution in [2.45, 2.75) is 26.3 Å². The Hall–Kier alpha value is 0.270. The molecule has 2 atom stereocenters. The first-order valence-electron chi connectivity index (χ1n) is 5.34. The molecule has 0 radical (unpaired) electrons. The molecule has 0 bridgehead atoms. The molecule has 13 heavy (non-hydrogen) atoms. The third-order valence-electron chi connectivity index (χ3n) is 3.54. The van der Waals surface area contributed by atoms with Gasteiger partial charge < -0.3 is 4.90 Å². The van der Waals surface area contributed by atoms with Crippen LogP contribution in [0.4, 0.5) is 0 Å². The van der Waals surface area contributed by atoms with Crippen molar-refractivity contribution in [1.29, 1.82) is 0 Å². The van der Waals surface area contributed by atoms with Gasteiger partial charge in [-0.3, -0.25) is 4.31 Å². The summed E-state index contributed by atoms with van der Waals surface area (Å²) in [5.41, 5.74) is 0. The summed E-state index contributed by atoms with van der Waals surface area (Å²) in [7, 11) is 0. The largest absolute Gasteiger partial charge is 0.300 e. The van der Waals surface area contributed by atoms with Crippen molar-refractivity contribution in [3.05, 3.63) is 0 Å². The van der Waals surface area contributed by atoms with Crippen molar-refractivity contribution >= 4 is 12.8 Å². The standard InChI is InChI=1S/C10H20N2S/c1-8(2)11-5-9-3-4-12(13)7-10(9)6-11/h8-10,13H,3-7H2,1-2H3. The number of thiol groups is 1. The molecule has 0 amide bonds. The third-order valence-corrected chi connectivity index (χ3v) is 3.90. The van der Waals surface area contributed by atoms with Gasteiger partial charge in [0.2, 0.25) is 0 Å². The summed E-state index contributed by atoms with van der Waals surface area (Å²) in [6, 6.07) is 0.721. The van der Waals surface area contributed by atoms with Crippen LogP contribution < -0.4 is 0 Å². The maximum atomic E-state index is 4.44. The number of nitrogens with zero attached hydrogens (tertiary/aromatic N) is 2. The van der Waals surface area contributed by atoms with E-state index in [1.165, 1.54) is 32.6 Å². The van der Waals surface area contributed by atoms with E-state index in [-0.39, 0.29) is 0 Å². The van der Waals surface area contributed by atoms with Gasteiger partial charge in [-0.05, 0) is 32.1 Å². The second kappa shape index (κ2) is 3.79. The highest BCUT2D eigenvalue weighted by Gasteiger charge is 2.36. The molecule has 2 aliphatic heterocycles. The maximum absolute atomic E-state index is 4.44. The number of piperidine rings is 1. The van der Waals surface area contributed by atoms with E-state index in [9.17, 15) is 0 Å². The van der Waals surface area contributed by atoms with Gasteiger partial charge in [0.15, 0.2) is 0 Å². The van der Waals surface area contributed by atoms with Crippen molar-refractivity contribution < 1.29 is 0 Å². The minimum atomic E-state index is 0.721. The van der Waals surface area contributed by atoms with Crippen molar-refractivity contribution in [3.63, 3.8) is 0 Å². The second-order valence-electron chi connectivity index (χ2n) is 4.77. The summed E-state index contributed by atoms with van der Waals surface area (Å²) in [6.07, 6.45) is 1.34. The summed E-state index contributed by atoms with van der Waals surface area (Å²) in [5.74, 6) is 1.83. The number of rotatable bonds is 1. The first-order chi connectivity index (χ1) is 6.16. The van der Waals surface area contributed by atoms with E-state index < -0.39 is 0 Å². The first kappa shape index (κ1) is 9.81. The highest BCUT2D eigenvalue weighted by Crippen LogP contribution is 2.32. The Labute approximate surface area is 86.8 Å². The molecule has 2 heterocycles. The van der Waals surface area contributed by atoms with E-state index in [1.54, 1.807) is 0 Å². The minimum Gasteiger partial charge on any atom is -0.300 e. The predicted octanol–water partition coefficient (Wildman–Crippen LogP) is 1.49. The lowest BCUT2D eigenvalue weighted by atomic mass is 9.90. The molecule has 0 aromatic rings. The molecule has 2 rings (SSSR count). The van der Waals surface area contributed by atoms with Crippen molar-refractivity contribution in [3.8, 4) is 0 Å². The summed E-state index contributed by atoms with van der Waals surface area (Å²) < 4.78 is 2.19. The minimum absolute atomic E-state index is 0.721. The lowest BCUT2D eigenvalue weighted by Gasteiger charge is -2.30. The molecule has 2 nitrogen and oxygen atoms in total. The zero-order valence-corrected chi connectivity index (χ0v) is 9.50. The zero-order chi connectivity index (χ0) is 9.42. The van der Waals surface area contributed by atoms with Crippen molar-refractivity contribution in [2.75, 3.05) is 26.2 Å². The van der Waals surface area contributed by atoms with Crippen molar-refractivity contribution in [1.82, 2.24) is 9.21 Å². The van der Waals surface area contributed by atoms with Gasteiger partial charge in [0.05, 0.1) is 0 Å². The van der Waals surface area contributed by atoms with E-state index in [4.69, 9.17) is 0 Å². The average Bonchev–Trinajstić information content (AvgIpc) is 2.46. The van der Waals surface area contributed by atoms with Crippen LogP contribution in [0, 0.1) is 11.8 Å². The van der Waals surface area contributed by atoms with E-state index in [0.29, 0.717) is 0 Å². The Kier molecular flexibility index (Phi) is 2.86. The van der Waals surface area contributed by atoms with Crippen LogP contribution in [0.3, 0.4) is 0 Å². The molecule has 2 unspecified atom stereocenters. The summed E-state index contributed by atoms with van der Waals surface area (Å²) in [6.45, 7) is 9.59. The normalized spacial score (nSPS) is 36.9. The van der Waals surface area contributed by atoms with Crippen LogP contribution in [0.15, 0.2) is 0 Å². The van der Waals surface area contributed by atoms with Crippen LogP contribution in [-0.2, 0) is 0 Å². The fourth-order valence-electron chi connectivity index (χ4n) is 2.61. The fourth-order valence-corrected chi connectivity index (χ4v) is 2.93. The SMILES string of the molecule is CC(C)N1CC2CCN(S)CC2C1. The summed E-state index contributed by atoms with van der Waals surface area (Å²) in [5, 5.41) is 0. The Morgan fingerprint density at radius 3 is 2.54 bits per heavy atom. The van der Waals surface area contributed by atoms with Gasteiger partial charge >= 0.3 is 0 Å². The molecule has 0 N–H and O–H groups in total. The molecule has 3 heteroatoms. The second-order valence-corrected chi connectivity index (χ2v) is 5.33. The van der Waals surface area contributed by atoms with Gasteiger partial charge in [-0.1, -0.05) is 12.8 Å². The molecule has 2 fully saturated rings. The van der Waals surface area contributed by atoms with Gasteiger partial charge in [-0.25, -0.2) is 0 Å². The number of hydrogen-bond acceptors (Lipinski definition) is 3. The number of hydrogen-bond donors (Lipinski definition) is 1. The number of likely N-dealkylation sites (tertiary alicyclic amines) is 1. The molecule has 0 spiro atoms. The van der Waals surface area contributed by atoms with Crippen LogP contribution in [0.25, 0.3) is 0 Å². The molecular formula is C10H20N2S. The Morgan fingerprint density at radius 2 is 1.85 bits per heavy atom. The molecule has 0 aliphatic carbocycles. The van der Waals surface area contributed by atoms with Crippen LogP contribution in [0.1, 0.15) is 20.3 Å². The molecule has 2 aliphatic rings. The van der Waals surface area contributed by atoms with Gasteiger partial charge in [-0.15, -0.1) is 0 Å². The van der Waals surface area contributed by atoms with Crippen LogP contribution in [0.5, 0.6) is 0 Å². The Balaban J connectivity index is 1.94. The fraction of sp³-hybridized carbons (Fsp3) is 1.00. The van der Waals surface area contributed by atoms with E-state index in [0.717, 1.165) is 17.9 Å². The van der Waals surface area contributed by atoms with E-state index >= 15 is 0 Å². The van der Waals surface area contributed by atoms with Crippen LogP contribution >= 0.6 is 12.8 Å². The molecule has 76 valence electrons. The Bertz CT molecular complexity index is 184. The van der Waals surface area contributed by atoms with Crippen molar-refractivity contribution in [2.24, 2.45) is 11.8 Å². The topological polar surface area (TPSA) is 6.48 Å². The lowest BCUT2D eigenvalue weighted by Crippen LogP contribution is -2.34. The van der Waals surface area contributed by atoms with E-state index in [2.05, 4.69) is 35.9 Å². The van der Waals surface area contributed by atoms with Crippen LogP contribution in [-0.4, -0.2) is 41.4 Å². The van der Waals surface area contributed by atoms with Gasteiger partial charge in [0, 0.05) is 32.2 Å². The highest BCUT2D eigenvalue weighted by atomic mass is 32.1.